The third kappa shape index (κ3) is 59.7. The maximum absolute atomic E-state index is 13.0. The number of carbonyl (C=O) groups excluding carboxylic acids is 4. The summed E-state index contributed by atoms with van der Waals surface area (Å²) in [6.45, 7) is 7.08. The molecule has 0 aromatic carbocycles. The van der Waals surface area contributed by atoms with Crippen molar-refractivity contribution in [2.75, 3.05) is 39.6 Å². The van der Waals surface area contributed by atoms with Crippen LogP contribution in [0.1, 0.15) is 343 Å². The molecule has 0 rings (SSSR count). The summed E-state index contributed by atoms with van der Waals surface area (Å²) in [5.74, 6) is -1.41. The second kappa shape index (κ2) is 60.6. The lowest BCUT2D eigenvalue weighted by molar-refractivity contribution is -0.161. The van der Waals surface area contributed by atoms with Crippen LogP contribution in [0.4, 0.5) is 0 Å². The van der Waals surface area contributed by atoms with Gasteiger partial charge in [0.2, 0.25) is 0 Å². The van der Waals surface area contributed by atoms with E-state index in [2.05, 4.69) is 34.6 Å². The summed E-state index contributed by atoms with van der Waals surface area (Å²) in [5, 5.41) is 10.5. The first-order chi connectivity index (χ1) is 41.6. The minimum absolute atomic E-state index is 0.105. The van der Waals surface area contributed by atoms with E-state index in [-0.39, 0.29) is 25.7 Å². The van der Waals surface area contributed by atoms with Crippen LogP contribution in [-0.2, 0) is 65.4 Å². The quantitative estimate of drug-likeness (QED) is 0.0222. The van der Waals surface area contributed by atoms with Crippen molar-refractivity contribution in [3.63, 3.8) is 0 Å². The van der Waals surface area contributed by atoms with Gasteiger partial charge in [-0.1, -0.05) is 291 Å². The molecule has 19 heteroatoms. The number of hydrogen-bond donors (Lipinski definition) is 3. The molecular formula is C67H130O17P2. The highest BCUT2D eigenvalue weighted by molar-refractivity contribution is 7.47. The van der Waals surface area contributed by atoms with Crippen molar-refractivity contribution in [2.45, 2.75) is 361 Å². The second-order valence-corrected chi connectivity index (χ2v) is 27.4. The maximum atomic E-state index is 13.0. The molecule has 0 aliphatic heterocycles. The van der Waals surface area contributed by atoms with E-state index in [1.807, 2.05) is 0 Å². The van der Waals surface area contributed by atoms with Crippen LogP contribution < -0.4 is 0 Å². The van der Waals surface area contributed by atoms with Crippen molar-refractivity contribution in [1.82, 2.24) is 0 Å². The lowest BCUT2D eigenvalue weighted by Crippen LogP contribution is -2.30. The Morgan fingerprint density at radius 2 is 0.558 bits per heavy atom. The van der Waals surface area contributed by atoms with Gasteiger partial charge in [0, 0.05) is 25.7 Å². The molecule has 0 spiro atoms. The topological polar surface area (TPSA) is 237 Å². The molecule has 0 aliphatic carbocycles. The number of ether oxygens (including phenoxy) is 4. The molecule has 0 amide bonds. The highest BCUT2D eigenvalue weighted by Crippen LogP contribution is 2.45. The molecule has 3 N–H and O–H groups in total. The van der Waals surface area contributed by atoms with Crippen LogP contribution in [0.25, 0.3) is 0 Å². The molecule has 86 heavy (non-hydrogen) atoms. The molecule has 0 radical (unpaired) electrons. The molecule has 17 nitrogen and oxygen atoms in total. The average molecular weight is 1270 g/mol. The first-order valence-electron chi connectivity index (χ1n) is 35.2. The Labute approximate surface area is 524 Å². The van der Waals surface area contributed by atoms with Gasteiger partial charge in [-0.25, -0.2) is 9.13 Å². The monoisotopic (exact) mass is 1270 g/mol. The number of carbonyl (C=O) groups is 4. The minimum Gasteiger partial charge on any atom is -0.462 e. The van der Waals surface area contributed by atoms with Crippen LogP contribution in [0.3, 0.4) is 0 Å². The van der Waals surface area contributed by atoms with Gasteiger partial charge in [0.25, 0.3) is 0 Å². The van der Waals surface area contributed by atoms with Gasteiger partial charge < -0.3 is 33.8 Å². The van der Waals surface area contributed by atoms with E-state index < -0.39 is 97.5 Å². The zero-order valence-corrected chi connectivity index (χ0v) is 57.2. The first kappa shape index (κ1) is 84.1. The highest BCUT2D eigenvalue weighted by Gasteiger charge is 2.30. The van der Waals surface area contributed by atoms with Crippen LogP contribution in [0, 0.1) is 5.92 Å². The largest absolute Gasteiger partial charge is 0.472 e. The summed E-state index contributed by atoms with van der Waals surface area (Å²) in [7, 11) is -9.88. The van der Waals surface area contributed by atoms with Gasteiger partial charge >= 0.3 is 39.5 Å². The van der Waals surface area contributed by atoms with E-state index >= 15 is 0 Å². The molecule has 510 valence electrons. The smallest absolute Gasteiger partial charge is 0.462 e. The molecule has 0 saturated heterocycles. The Kier molecular flexibility index (Phi) is 59.2. The van der Waals surface area contributed by atoms with Gasteiger partial charge in [-0.15, -0.1) is 0 Å². The summed E-state index contributed by atoms with van der Waals surface area (Å²) in [6, 6.07) is 0. The van der Waals surface area contributed by atoms with Crippen molar-refractivity contribution in [3.05, 3.63) is 0 Å². The van der Waals surface area contributed by atoms with Crippen LogP contribution in [0.15, 0.2) is 0 Å². The van der Waals surface area contributed by atoms with Crippen LogP contribution in [0.2, 0.25) is 0 Å². The molecule has 0 aliphatic rings. The average Bonchev–Trinajstić information content (AvgIpc) is 3.57. The van der Waals surface area contributed by atoms with Crippen molar-refractivity contribution in [2.24, 2.45) is 5.92 Å². The van der Waals surface area contributed by atoms with Gasteiger partial charge in [-0.05, 0) is 31.6 Å². The van der Waals surface area contributed by atoms with Crippen LogP contribution in [0.5, 0.6) is 0 Å². The number of unbranched alkanes of at least 4 members (excludes halogenated alkanes) is 38. The maximum Gasteiger partial charge on any atom is 0.472 e. The third-order valence-electron chi connectivity index (χ3n) is 15.9. The zero-order valence-electron chi connectivity index (χ0n) is 55.4. The van der Waals surface area contributed by atoms with Crippen molar-refractivity contribution < 1.29 is 80.2 Å². The van der Waals surface area contributed by atoms with Crippen LogP contribution >= 0.6 is 15.6 Å². The predicted molar refractivity (Wildman–Crippen MR) is 345 cm³/mol. The Bertz CT molecular complexity index is 1670. The fourth-order valence-electron chi connectivity index (χ4n) is 10.1. The van der Waals surface area contributed by atoms with Gasteiger partial charge in [-0.2, -0.15) is 0 Å². The molecule has 0 fully saturated rings. The lowest BCUT2D eigenvalue weighted by Gasteiger charge is -2.21. The second-order valence-electron chi connectivity index (χ2n) is 24.5. The SMILES string of the molecule is CCCCCCCCCCCCCCCCCCCCCCCC(=O)O[C@H](COC(=O)CCCCCCCCC(C)CC)COP(=O)(O)OC[C@@H](O)COP(=O)(O)OC[C@@H](COC(=O)CCCCCCC)OC(=O)CCCCCCCCCCCC. The summed E-state index contributed by atoms with van der Waals surface area (Å²) >= 11 is 0. The molecule has 0 aromatic rings. The van der Waals surface area contributed by atoms with E-state index in [1.54, 1.807) is 0 Å². The Balaban J connectivity index is 5.07. The number of aliphatic hydroxyl groups excluding tert-OH is 1. The van der Waals surface area contributed by atoms with Gasteiger partial charge in [0.15, 0.2) is 12.2 Å². The van der Waals surface area contributed by atoms with Gasteiger partial charge in [-0.3, -0.25) is 37.3 Å². The molecule has 0 saturated carbocycles. The Morgan fingerprint density at radius 1 is 0.326 bits per heavy atom. The highest BCUT2D eigenvalue weighted by atomic mass is 31.2. The zero-order chi connectivity index (χ0) is 63.5. The van der Waals surface area contributed by atoms with Crippen LogP contribution in [-0.4, -0.2) is 96.7 Å². The molecule has 0 bridgehead atoms. The number of esters is 4. The molecular weight excluding hydrogens is 1140 g/mol. The molecule has 6 atom stereocenters. The number of phosphoric acid groups is 2. The number of hydrogen-bond acceptors (Lipinski definition) is 15. The van der Waals surface area contributed by atoms with E-state index in [0.717, 1.165) is 109 Å². The number of rotatable bonds is 67. The van der Waals surface area contributed by atoms with Crippen molar-refractivity contribution in [1.29, 1.82) is 0 Å². The van der Waals surface area contributed by atoms with Gasteiger partial charge in [0.1, 0.15) is 19.3 Å². The number of aliphatic hydroxyl groups is 1. The third-order valence-corrected chi connectivity index (χ3v) is 17.8. The Morgan fingerprint density at radius 3 is 0.826 bits per heavy atom. The lowest BCUT2D eigenvalue weighted by atomic mass is 10.00. The van der Waals surface area contributed by atoms with Crippen molar-refractivity contribution >= 4 is 39.5 Å². The molecule has 0 heterocycles. The Hall–Kier alpha value is -1.94. The predicted octanol–water partition coefficient (Wildman–Crippen LogP) is 19.0. The fourth-order valence-corrected chi connectivity index (χ4v) is 11.7. The standard InChI is InChI=1S/C67H130O17P2/c1-6-10-13-16-18-20-22-23-24-25-26-27-28-29-30-31-32-34-36-43-48-53-67(72)84-63(57-78-65(70)51-46-41-38-37-40-44-49-60(5)9-4)59-82-86(75,76)80-55-61(68)54-79-85(73,74)81-58-62(56-77-64(69)50-45-39-15-12-8-3)83-66(71)52-47-42-35-33-21-19-17-14-11-7-2/h60-63,68H,6-59H2,1-5H3,(H,73,74)(H,75,76)/t60?,61-,62+,63+/m0/s1. The van der Waals surface area contributed by atoms with E-state index in [1.165, 1.54) is 154 Å². The minimum atomic E-state index is -4.95. The molecule has 3 unspecified atom stereocenters. The van der Waals surface area contributed by atoms with Crippen molar-refractivity contribution in [3.8, 4) is 0 Å². The summed E-state index contributed by atoms with van der Waals surface area (Å²) in [4.78, 5) is 72.0. The van der Waals surface area contributed by atoms with Gasteiger partial charge in [0.05, 0.1) is 26.4 Å². The molecule has 0 aromatic heterocycles. The van der Waals surface area contributed by atoms with E-state index in [9.17, 15) is 43.2 Å². The summed E-state index contributed by atoms with van der Waals surface area (Å²) in [5.41, 5.74) is 0. The van der Waals surface area contributed by atoms with E-state index in [0.29, 0.717) is 25.7 Å². The first-order valence-corrected chi connectivity index (χ1v) is 38.2. The normalized spacial score (nSPS) is 14.5. The van der Waals surface area contributed by atoms with E-state index in [4.69, 9.17) is 37.0 Å². The number of phosphoric ester groups is 2. The summed E-state index contributed by atoms with van der Waals surface area (Å²) < 4.78 is 67.9. The fraction of sp³-hybridized carbons (Fsp3) is 0.940. The summed E-state index contributed by atoms with van der Waals surface area (Å²) in [6.07, 6.45) is 46.4.